The van der Waals surface area contributed by atoms with E-state index in [1.54, 1.807) is 19.5 Å². The molecule has 2 heterocycles. The highest BCUT2D eigenvalue weighted by atomic mass is 16.5. The Morgan fingerprint density at radius 3 is 2.32 bits per heavy atom. The Bertz CT molecular complexity index is 736. The van der Waals surface area contributed by atoms with Crippen molar-refractivity contribution >= 4 is 0 Å². The van der Waals surface area contributed by atoms with Gasteiger partial charge in [0.15, 0.2) is 0 Å². The molecule has 1 aromatic heterocycles. The third-order valence-electron chi connectivity index (χ3n) is 5.47. The summed E-state index contributed by atoms with van der Waals surface area (Å²) in [5.41, 5.74) is 1.55. The minimum Gasteiger partial charge on any atom is -0.495 e. The van der Waals surface area contributed by atoms with E-state index < -0.39 is 5.60 Å². The number of benzene rings is 1. The van der Waals surface area contributed by atoms with E-state index in [1.165, 1.54) is 5.56 Å². The second-order valence-corrected chi connectivity index (χ2v) is 7.83. The van der Waals surface area contributed by atoms with Crippen molar-refractivity contribution in [3.63, 3.8) is 0 Å². The van der Waals surface area contributed by atoms with Crippen molar-refractivity contribution in [3.05, 3.63) is 59.4 Å². The molecule has 1 aliphatic rings. The quantitative estimate of drug-likeness (QED) is 0.906. The first-order valence-corrected chi connectivity index (χ1v) is 8.81. The third-order valence-corrected chi connectivity index (χ3v) is 5.47. The fraction of sp³-hybridized carbons (Fsp3) is 0.476. The summed E-state index contributed by atoms with van der Waals surface area (Å²) in [4.78, 5) is 6.51. The van der Waals surface area contributed by atoms with Crippen LogP contribution in [0.1, 0.15) is 43.4 Å². The van der Waals surface area contributed by atoms with Crippen molar-refractivity contribution in [3.8, 4) is 5.75 Å². The summed E-state index contributed by atoms with van der Waals surface area (Å²) in [5, 5.41) is 12.0. The van der Waals surface area contributed by atoms with E-state index in [2.05, 4.69) is 62.0 Å². The van der Waals surface area contributed by atoms with Gasteiger partial charge in [-0.2, -0.15) is 0 Å². The maximum absolute atomic E-state index is 12.0. The average Bonchev–Trinajstić information content (AvgIpc) is 2.59. The van der Waals surface area contributed by atoms with Crippen LogP contribution in [0.3, 0.4) is 0 Å². The molecular formula is C21H28N2O2. The standard InChI is InChI=1S/C21H28N2O2/c1-15(2)16-6-8-17(9-7-16)21(24,20(3)13-23(4)14-20)18-10-19(25-5)12-22-11-18/h6-12,15,24H,13-14H2,1-5H3. The monoisotopic (exact) mass is 340 g/mol. The minimum absolute atomic E-state index is 0.283. The van der Waals surface area contributed by atoms with Crippen molar-refractivity contribution < 1.29 is 9.84 Å². The zero-order chi connectivity index (χ0) is 18.2. The number of hydrogen-bond donors (Lipinski definition) is 1. The third kappa shape index (κ3) is 2.94. The van der Waals surface area contributed by atoms with Crippen LogP contribution in [0.2, 0.25) is 0 Å². The second-order valence-electron chi connectivity index (χ2n) is 7.83. The number of pyridine rings is 1. The molecule has 2 aromatic rings. The van der Waals surface area contributed by atoms with Crippen LogP contribution in [-0.2, 0) is 5.60 Å². The van der Waals surface area contributed by atoms with Gasteiger partial charge >= 0.3 is 0 Å². The molecule has 0 radical (unpaired) electrons. The van der Waals surface area contributed by atoms with Crippen LogP contribution in [0.25, 0.3) is 0 Å². The normalized spacial score (nSPS) is 19.3. The van der Waals surface area contributed by atoms with Gasteiger partial charge in [0.25, 0.3) is 0 Å². The number of methoxy groups -OCH3 is 1. The highest BCUT2D eigenvalue weighted by Crippen LogP contribution is 2.50. The van der Waals surface area contributed by atoms with Gasteiger partial charge < -0.3 is 14.7 Å². The van der Waals surface area contributed by atoms with Crippen LogP contribution in [0.4, 0.5) is 0 Å². The first kappa shape index (κ1) is 17.9. The Hall–Kier alpha value is -1.91. The van der Waals surface area contributed by atoms with E-state index >= 15 is 0 Å². The molecule has 1 atom stereocenters. The molecule has 1 unspecified atom stereocenters. The van der Waals surface area contributed by atoms with Gasteiger partial charge in [-0.25, -0.2) is 0 Å². The molecule has 1 aromatic carbocycles. The Morgan fingerprint density at radius 1 is 1.16 bits per heavy atom. The molecule has 1 saturated heterocycles. The molecule has 134 valence electrons. The summed E-state index contributed by atoms with van der Waals surface area (Å²) in [6.07, 6.45) is 3.42. The molecule has 0 aliphatic carbocycles. The molecule has 3 rings (SSSR count). The molecule has 4 heteroatoms. The van der Waals surface area contributed by atoms with Crippen LogP contribution in [0.5, 0.6) is 5.75 Å². The smallest absolute Gasteiger partial charge is 0.137 e. The zero-order valence-electron chi connectivity index (χ0n) is 15.8. The largest absolute Gasteiger partial charge is 0.495 e. The van der Waals surface area contributed by atoms with E-state index in [-0.39, 0.29) is 5.41 Å². The van der Waals surface area contributed by atoms with Crippen LogP contribution in [0.15, 0.2) is 42.7 Å². The lowest BCUT2D eigenvalue weighted by molar-refractivity contribution is -0.127. The van der Waals surface area contributed by atoms with E-state index in [4.69, 9.17) is 4.74 Å². The Labute approximate surface area is 150 Å². The lowest BCUT2D eigenvalue weighted by Crippen LogP contribution is -2.63. The summed E-state index contributed by atoms with van der Waals surface area (Å²) in [6, 6.07) is 10.2. The predicted molar refractivity (Wildman–Crippen MR) is 99.9 cm³/mol. The minimum atomic E-state index is -1.11. The van der Waals surface area contributed by atoms with Gasteiger partial charge in [-0.05, 0) is 30.2 Å². The molecule has 1 aliphatic heterocycles. The number of aliphatic hydroxyl groups is 1. The zero-order valence-corrected chi connectivity index (χ0v) is 15.8. The van der Waals surface area contributed by atoms with Crippen LogP contribution < -0.4 is 4.74 Å². The molecule has 0 saturated carbocycles. The maximum atomic E-state index is 12.0. The molecule has 0 amide bonds. The van der Waals surface area contributed by atoms with Crippen LogP contribution in [0, 0.1) is 5.41 Å². The average molecular weight is 340 g/mol. The van der Waals surface area contributed by atoms with Gasteiger partial charge in [-0.15, -0.1) is 0 Å². The molecule has 1 N–H and O–H groups in total. The van der Waals surface area contributed by atoms with Gasteiger partial charge in [0.1, 0.15) is 11.4 Å². The van der Waals surface area contributed by atoms with E-state index in [1.807, 2.05) is 6.07 Å². The molecule has 0 bridgehead atoms. The number of hydrogen-bond acceptors (Lipinski definition) is 4. The van der Waals surface area contributed by atoms with Crippen LogP contribution >= 0.6 is 0 Å². The van der Waals surface area contributed by atoms with E-state index in [9.17, 15) is 5.11 Å². The van der Waals surface area contributed by atoms with Crippen molar-refractivity contribution in [2.45, 2.75) is 32.3 Å². The van der Waals surface area contributed by atoms with Gasteiger partial charge in [0, 0.05) is 30.3 Å². The first-order chi connectivity index (χ1) is 11.8. The number of ether oxygens (including phenoxy) is 1. The Kier molecular flexibility index (Phi) is 4.60. The summed E-state index contributed by atoms with van der Waals surface area (Å²) >= 11 is 0. The van der Waals surface area contributed by atoms with Crippen LogP contribution in [-0.4, -0.2) is 42.2 Å². The topological polar surface area (TPSA) is 45.6 Å². The van der Waals surface area contributed by atoms with E-state index in [0.717, 1.165) is 24.2 Å². The molecular weight excluding hydrogens is 312 g/mol. The number of aromatic nitrogens is 1. The van der Waals surface area contributed by atoms with Crippen molar-refractivity contribution in [1.82, 2.24) is 9.88 Å². The lowest BCUT2D eigenvalue weighted by atomic mass is 9.62. The Morgan fingerprint density at radius 2 is 1.80 bits per heavy atom. The van der Waals surface area contributed by atoms with Crippen molar-refractivity contribution in [2.75, 3.05) is 27.2 Å². The fourth-order valence-electron chi connectivity index (χ4n) is 4.08. The lowest BCUT2D eigenvalue weighted by Gasteiger charge is -2.55. The number of rotatable bonds is 5. The summed E-state index contributed by atoms with van der Waals surface area (Å²) in [6.45, 7) is 8.15. The van der Waals surface area contributed by atoms with Gasteiger partial charge in [0.2, 0.25) is 0 Å². The van der Waals surface area contributed by atoms with Gasteiger partial charge in [-0.3, -0.25) is 4.98 Å². The summed E-state index contributed by atoms with van der Waals surface area (Å²) < 4.78 is 5.34. The van der Waals surface area contributed by atoms with Crippen molar-refractivity contribution in [1.29, 1.82) is 0 Å². The van der Waals surface area contributed by atoms with E-state index in [0.29, 0.717) is 11.7 Å². The number of nitrogens with zero attached hydrogens (tertiary/aromatic N) is 2. The molecule has 0 spiro atoms. The molecule has 1 fully saturated rings. The maximum Gasteiger partial charge on any atom is 0.137 e. The molecule has 25 heavy (non-hydrogen) atoms. The summed E-state index contributed by atoms with van der Waals surface area (Å²) in [5.74, 6) is 1.12. The first-order valence-electron chi connectivity index (χ1n) is 8.81. The Balaban J connectivity index is 2.12. The fourth-order valence-corrected chi connectivity index (χ4v) is 4.08. The molecule has 4 nitrogen and oxygen atoms in total. The predicted octanol–water partition coefficient (Wildman–Crippen LogP) is 3.40. The van der Waals surface area contributed by atoms with Gasteiger partial charge in [0.05, 0.1) is 13.3 Å². The highest BCUT2D eigenvalue weighted by molar-refractivity contribution is 5.42. The highest BCUT2D eigenvalue weighted by Gasteiger charge is 2.55. The number of likely N-dealkylation sites (tertiary alicyclic amines) is 1. The SMILES string of the molecule is COc1cncc(C(O)(c2ccc(C(C)C)cc2)C2(C)CN(C)C2)c1. The van der Waals surface area contributed by atoms with Crippen molar-refractivity contribution in [2.24, 2.45) is 5.41 Å². The second kappa shape index (κ2) is 6.43. The summed E-state index contributed by atoms with van der Waals surface area (Å²) in [7, 11) is 3.70. The van der Waals surface area contributed by atoms with Gasteiger partial charge in [-0.1, -0.05) is 45.0 Å².